The maximum atomic E-state index is 6.48. The van der Waals surface area contributed by atoms with Crippen molar-refractivity contribution < 1.29 is 18.9 Å². The van der Waals surface area contributed by atoms with E-state index in [0.717, 1.165) is 49.4 Å². The van der Waals surface area contributed by atoms with Crippen molar-refractivity contribution in [1.82, 2.24) is 4.90 Å². The molecule has 1 saturated heterocycles. The van der Waals surface area contributed by atoms with Crippen molar-refractivity contribution in [2.45, 2.75) is 37.8 Å². The molecule has 1 atom stereocenters. The molecule has 0 unspecified atom stereocenters. The highest BCUT2D eigenvalue weighted by atomic mass is 16.7. The van der Waals surface area contributed by atoms with Crippen molar-refractivity contribution in [2.75, 3.05) is 34.4 Å². The monoisotopic (exact) mass is 383 g/mol. The zero-order chi connectivity index (χ0) is 19.6. The van der Waals surface area contributed by atoms with Crippen LogP contribution < -0.4 is 9.47 Å². The molecule has 0 saturated carbocycles. The van der Waals surface area contributed by atoms with Gasteiger partial charge in [0.1, 0.15) is 6.61 Å². The van der Waals surface area contributed by atoms with Crippen LogP contribution in [-0.2, 0) is 28.1 Å². The van der Waals surface area contributed by atoms with Crippen LogP contribution in [0.2, 0.25) is 0 Å². The number of hydrogen-bond acceptors (Lipinski definition) is 5. The van der Waals surface area contributed by atoms with Gasteiger partial charge in [-0.1, -0.05) is 30.3 Å². The zero-order valence-corrected chi connectivity index (χ0v) is 16.9. The molecule has 0 aliphatic carbocycles. The third-order valence-electron chi connectivity index (χ3n) is 5.92. The molecule has 0 radical (unpaired) electrons. The fourth-order valence-corrected chi connectivity index (χ4v) is 4.24. The lowest BCUT2D eigenvalue weighted by Crippen LogP contribution is -2.48. The molecule has 2 aromatic rings. The van der Waals surface area contributed by atoms with Crippen molar-refractivity contribution >= 4 is 0 Å². The highest BCUT2D eigenvalue weighted by Crippen LogP contribution is 2.46. The molecule has 2 aromatic carbocycles. The number of hydrogen-bond donors (Lipinski definition) is 0. The maximum Gasteiger partial charge on any atom is 0.162 e. The second-order valence-electron chi connectivity index (χ2n) is 7.72. The Balaban J connectivity index is 1.68. The molecule has 0 aromatic heterocycles. The lowest BCUT2D eigenvalue weighted by molar-refractivity contribution is -0.226. The second-order valence-corrected chi connectivity index (χ2v) is 7.72. The molecule has 5 heteroatoms. The van der Waals surface area contributed by atoms with E-state index in [-0.39, 0.29) is 11.9 Å². The van der Waals surface area contributed by atoms with Crippen LogP contribution in [0.3, 0.4) is 0 Å². The van der Waals surface area contributed by atoms with E-state index >= 15 is 0 Å². The Bertz CT molecular complexity index is 800. The van der Waals surface area contributed by atoms with Gasteiger partial charge < -0.3 is 23.8 Å². The molecule has 150 valence electrons. The topological polar surface area (TPSA) is 40.2 Å². The second kappa shape index (κ2) is 8.11. The van der Waals surface area contributed by atoms with Crippen LogP contribution in [0.4, 0.5) is 0 Å². The average molecular weight is 383 g/mol. The number of fused-ring (bicyclic) bond motifs is 2. The minimum absolute atomic E-state index is 0.225. The van der Waals surface area contributed by atoms with E-state index in [1.165, 1.54) is 11.1 Å². The summed E-state index contributed by atoms with van der Waals surface area (Å²) >= 11 is 0. The van der Waals surface area contributed by atoms with Gasteiger partial charge in [-0.3, -0.25) is 0 Å². The molecule has 28 heavy (non-hydrogen) atoms. The van der Waals surface area contributed by atoms with Crippen LogP contribution in [0.15, 0.2) is 42.5 Å². The molecule has 5 nitrogen and oxygen atoms in total. The summed E-state index contributed by atoms with van der Waals surface area (Å²) in [7, 11) is 5.56. The Kier molecular flexibility index (Phi) is 5.58. The van der Waals surface area contributed by atoms with Crippen molar-refractivity contribution in [3.63, 3.8) is 0 Å². The van der Waals surface area contributed by atoms with Crippen LogP contribution in [0.25, 0.3) is 0 Å². The first-order valence-electron chi connectivity index (χ1n) is 9.91. The van der Waals surface area contributed by atoms with Gasteiger partial charge in [0.05, 0.1) is 12.7 Å². The number of rotatable bonds is 5. The average Bonchev–Trinajstić information content (AvgIpc) is 2.74. The van der Waals surface area contributed by atoms with Crippen molar-refractivity contribution in [1.29, 1.82) is 0 Å². The van der Waals surface area contributed by atoms with E-state index in [4.69, 9.17) is 18.9 Å². The first kappa shape index (κ1) is 19.2. The summed E-state index contributed by atoms with van der Waals surface area (Å²) in [4.78, 5) is 2.35. The van der Waals surface area contributed by atoms with Crippen LogP contribution in [0.1, 0.15) is 29.5 Å². The normalized spacial score (nSPS) is 21.3. The Morgan fingerprint density at radius 1 is 1.07 bits per heavy atom. The fourth-order valence-electron chi connectivity index (χ4n) is 4.24. The van der Waals surface area contributed by atoms with E-state index in [0.29, 0.717) is 6.61 Å². The zero-order valence-electron chi connectivity index (χ0n) is 16.9. The summed E-state index contributed by atoms with van der Waals surface area (Å²) in [6.45, 7) is 2.51. The summed E-state index contributed by atoms with van der Waals surface area (Å²) < 4.78 is 23.9. The van der Waals surface area contributed by atoms with E-state index in [1.54, 1.807) is 14.2 Å². The molecular formula is C23H29NO4. The van der Waals surface area contributed by atoms with Gasteiger partial charge in [-0.25, -0.2) is 0 Å². The lowest BCUT2D eigenvalue weighted by Gasteiger charge is -2.46. The minimum atomic E-state index is -0.322. The lowest BCUT2D eigenvalue weighted by atomic mass is 9.79. The molecule has 2 heterocycles. The number of benzene rings is 2. The third-order valence-corrected chi connectivity index (χ3v) is 5.92. The van der Waals surface area contributed by atoms with E-state index in [1.807, 2.05) is 18.2 Å². The Morgan fingerprint density at radius 3 is 2.50 bits per heavy atom. The first-order valence-corrected chi connectivity index (χ1v) is 9.91. The molecule has 4 rings (SSSR count). The van der Waals surface area contributed by atoms with Crippen LogP contribution >= 0.6 is 0 Å². The van der Waals surface area contributed by atoms with Crippen molar-refractivity contribution in [2.24, 2.45) is 0 Å². The number of piperidine rings is 1. The van der Waals surface area contributed by atoms with Gasteiger partial charge in [-0.2, -0.15) is 0 Å². The number of nitrogens with zero attached hydrogens (tertiary/aromatic N) is 1. The number of methoxy groups -OCH3 is 2. The van der Waals surface area contributed by atoms with Crippen LogP contribution in [0, 0.1) is 0 Å². The Morgan fingerprint density at radius 2 is 1.82 bits per heavy atom. The van der Waals surface area contributed by atoms with Crippen molar-refractivity contribution in [3.8, 4) is 11.5 Å². The molecular weight excluding hydrogens is 354 g/mol. The summed E-state index contributed by atoms with van der Waals surface area (Å²) in [6, 6.07) is 14.4. The van der Waals surface area contributed by atoms with Crippen LogP contribution in [-0.4, -0.2) is 45.5 Å². The number of ether oxygens (including phenoxy) is 4. The smallest absolute Gasteiger partial charge is 0.162 e. The largest absolute Gasteiger partial charge is 0.493 e. The standard InChI is InChI=1S/C23H29NO4/c1-24-11-9-23(10-12-24)19-15-21(27-16-17-7-5-4-6-8-17)20(25-2)13-18(19)14-22(26-3)28-23/h4-8,13,15,22H,9-12,14,16H2,1-3H3/t22-/m1/s1. The molecule has 0 N–H and O–H groups in total. The molecule has 1 fully saturated rings. The quantitative estimate of drug-likeness (QED) is 0.787. The van der Waals surface area contributed by atoms with Gasteiger partial charge in [-0.15, -0.1) is 0 Å². The highest BCUT2D eigenvalue weighted by Gasteiger charge is 2.44. The number of likely N-dealkylation sites (tertiary alicyclic amines) is 1. The Labute approximate surface area is 167 Å². The van der Waals surface area contributed by atoms with E-state index < -0.39 is 0 Å². The van der Waals surface area contributed by atoms with Gasteiger partial charge in [0, 0.05) is 26.6 Å². The molecule has 0 amide bonds. The van der Waals surface area contributed by atoms with Gasteiger partial charge in [0.2, 0.25) is 0 Å². The predicted molar refractivity (Wildman–Crippen MR) is 108 cm³/mol. The fraction of sp³-hybridized carbons (Fsp3) is 0.478. The SMILES string of the molecule is COc1cc2c(cc1OCc1ccccc1)C1(CCN(C)CC1)O[C@@H](OC)C2. The molecule has 2 aliphatic rings. The molecule has 1 spiro atoms. The highest BCUT2D eigenvalue weighted by molar-refractivity contribution is 5.50. The van der Waals surface area contributed by atoms with Gasteiger partial charge in [0.25, 0.3) is 0 Å². The van der Waals surface area contributed by atoms with Gasteiger partial charge in [0.15, 0.2) is 17.8 Å². The van der Waals surface area contributed by atoms with E-state index in [9.17, 15) is 0 Å². The molecule has 0 bridgehead atoms. The predicted octanol–water partition coefficient (Wildman–Crippen LogP) is 3.74. The summed E-state index contributed by atoms with van der Waals surface area (Å²) in [5, 5.41) is 0. The van der Waals surface area contributed by atoms with E-state index in [2.05, 4.69) is 36.2 Å². The first-order chi connectivity index (χ1) is 13.6. The maximum absolute atomic E-state index is 6.48. The summed E-state index contributed by atoms with van der Waals surface area (Å²) in [5.41, 5.74) is 3.26. The summed E-state index contributed by atoms with van der Waals surface area (Å²) in [6.07, 6.45) is 2.39. The third kappa shape index (κ3) is 3.75. The Hall–Kier alpha value is -2.08. The van der Waals surface area contributed by atoms with Crippen molar-refractivity contribution in [3.05, 3.63) is 59.2 Å². The van der Waals surface area contributed by atoms with Gasteiger partial charge in [-0.05, 0) is 48.7 Å². The van der Waals surface area contributed by atoms with Crippen LogP contribution in [0.5, 0.6) is 11.5 Å². The van der Waals surface area contributed by atoms with Gasteiger partial charge >= 0.3 is 0 Å². The minimum Gasteiger partial charge on any atom is -0.493 e. The molecule has 2 aliphatic heterocycles. The summed E-state index contributed by atoms with van der Waals surface area (Å²) in [5.74, 6) is 1.53.